The fraction of sp³-hybridized carbons (Fsp3) is 0.333. The minimum Gasteiger partial charge on any atom is -0.371 e. The van der Waals surface area contributed by atoms with E-state index in [2.05, 4.69) is 62.8 Å². The lowest BCUT2D eigenvalue weighted by Gasteiger charge is -2.36. The Balaban J connectivity index is 1.50. The first-order chi connectivity index (χ1) is 15.4. The lowest BCUT2D eigenvalue weighted by Crippen LogP contribution is -2.41. The number of amides is 1. The van der Waals surface area contributed by atoms with E-state index < -0.39 is 5.91 Å². The van der Waals surface area contributed by atoms with Gasteiger partial charge in [0, 0.05) is 42.2 Å². The van der Waals surface area contributed by atoms with Crippen LogP contribution in [0.15, 0.2) is 47.1 Å². The van der Waals surface area contributed by atoms with Crippen molar-refractivity contribution in [2.45, 2.75) is 18.9 Å². The second kappa shape index (κ2) is 9.20. The molecule has 1 amide bonds. The fourth-order valence-electron chi connectivity index (χ4n) is 3.94. The van der Waals surface area contributed by atoms with Gasteiger partial charge in [-0.2, -0.15) is 0 Å². The van der Waals surface area contributed by atoms with E-state index in [1.165, 1.54) is 18.5 Å². The maximum Gasteiger partial charge on any atom is 0.246 e. The Kier molecular flexibility index (Phi) is 6.19. The van der Waals surface area contributed by atoms with Crippen LogP contribution >= 0.6 is 0 Å². The van der Waals surface area contributed by atoms with Gasteiger partial charge in [-0.3, -0.25) is 9.79 Å². The summed E-state index contributed by atoms with van der Waals surface area (Å²) in [5, 5.41) is 0. The molecule has 1 saturated heterocycles. The smallest absolute Gasteiger partial charge is 0.246 e. The molecule has 0 unspecified atom stereocenters. The van der Waals surface area contributed by atoms with Crippen molar-refractivity contribution in [1.29, 1.82) is 0 Å². The van der Waals surface area contributed by atoms with Crippen molar-refractivity contribution in [3.8, 4) is 11.8 Å². The number of aromatic nitrogens is 2. The molecule has 4 N–H and O–H groups in total. The molecule has 1 aromatic heterocycles. The summed E-state index contributed by atoms with van der Waals surface area (Å²) in [5.74, 6) is 5.91. The Morgan fingerprint density at radius 1 is 1.16 bits per heavy atom. The fourth-order valence-corrected chi connectivity index (χ4v) is 3.94. The number of hydrogen-bond acceptors (Lipinski definition) is 7. The van der Waals surface area contributed by atoms with E-state index in [-0.39, 0.29) is 12.5 Å². The molecule has 0 bridgehead atoms. The first-order valence-corrected chi connectivity index (χ1v) is 10.6. The Bertz CT molecular complexity index is 1130. The highest BCUT2D eigenvalue weighted by Gasteiger charge is 2.21. The van der Waals surface area contributed by atoms with Gasteiger partial charge < -0.3 is 21.3 Å². The zero-order valence-corrected chi connectivity index (χ0v) is 18.4. The summed E-state index contributed by atoms with van der Waals surface area (Å²) in [4.78, 5) is 28.8. The summed E-state index contributed by atoms with van der Waals surface area (Å²) in [6.07, 6.45) is 5.55. The molecule has 0 saturated carbocycles. The van der Waals surface area contributed by atoms with Crippen molar-refractivity contribution in [3.05, 3.63) is 58.9 Å². The quantitative estimate of drug-likeness (QED) is 0.706. The molecule has 8 nitrogen and oxygen atoms in total. The lowest BCUT2D eigenvalue weighted by molar-refractivity contribution is -0.114. The second-order valence-electron chi connectivity index (χ2n) is 8.20. The highest BCUT2D eigenvalue weighted by atomic mass is 16.1. The van der Waals surface area contributed by atoms with Crippen molar-refractivity contribution < 1.29 is 4.79 Å². The number of nitrogens with two attached hydrogens (primary N) is 2. The molecule has 1 aromatic carbocycles. The Labute approximate surface area is 188 Å². The van der Waals surface area contributed by atoms with Gasteiger partial charge >= 0.3 is 0 Å². The van der Waals surface area contributed by atoms with E-state index in [9.17, 15) is 4.79 Å². The molecule has 2 aromatic rings. The number of nitrogens with zero attached hydrogens (tertiary/aromatic N) is 5. The van der Waals surface area contributed by atoms with E-state index >= 15 is 0 Å². The number of primary amides is 1. The third kappa shape index (κ3) is 4.79. The average Bonchev–Trinajstić information content (AvgIpc) is 3.29. The average molecular weight is 430 g/mol. The van der Waals surface area contributed by atoms with E-state index in [0.29, 0.717) is 28.6 Å². The van der Waals surface area contributed by atoms with Crippen LogP contribution in [0.1, 0.15) is 29.7 Å². The van der Waals surface area contributed by atoms with Gasteiger partial charge in [0.25, 0.3) is 0 Å². The van der Waals surface area contributed by atoms with Crippen LogP contribution in [0.2, 0.25) is 0 Å². The van der Waals surface area contributed by atoms with Gasteiger partial charge in [-0.25, -0.2) is 9.97 Å². The third-order valence-electron chi connectivity index (χ3n) is 5.87. The number of rotatable bonds is 4. The zero-order chi connectivity index (χ0) is 22.7. The molecule has 164 valence electrons. The molecular weight excluding hydrogens is 402 g/mol. The number of benzene rings is 1. The van der Waals surface area contributed by atoms with Crippen molar-refractivity contribution in [3.63, 3.8) is 0 Å². The van der Waals surface area contributed by atoms with Crippen LogP contribution in [0.5, 0.6) is 0 Å². The number of carbonyl (C=O) groups is 1. The summed E-state index contributed by atoms with van der Waals surface area (Å²) < 4.78 is 0. The summed E-state index contributed by atoms with van der Waals surface area (Å²) in [7, 11) is 4.30. The lowest BCUT2D eigenvalue weighted by atomic mass is 10.0. The number of carbonyl (C=O) groups excluding carboxylic acids is 1. The molecule has 2 aliphatic rings. The van der Waals surface area contributed by atoms with Gasteiger partial charge in [-0.05, 0) is 57.3 Å². The van der Waals surface area contributed by atoms with Gasteiger partial charge in [-0.1, -0.05) is 11.8 Å². The largest absolute Gasteiger partial charge is 0.371 e. The summed E-state index contributed by atoms with van der Waals surface area (Å²) in [6, 6.07) is 8.94. The number of anilines is 2. The second-order valence-corrected chi connectivity index (χ2v) is 8.20. The van der Waals surface area contributed by atoms with Gasteiger partial charge in [0.15, 0.2) is 0 Å². The number of aliphatic imine (C=N–C) groups is 1. The van der Waals surface area contributed by atoms with Crippen LogP contribution in [-0.4, -0.2) is 66.3 Å². The maximum absolute atomic E-state index is 11.4. The summed E-state index contributed by atoms with van der Waals surface area (Å²) in [5.41, 5.74) is 15.3. The molecule has 4 rings (SSSR count). The molecule has 3 heterocycles. The third-order valence-corrected chi connectivity index (χ3v) is 5.87. The molecular formula is C24H27N7O. The number of nitrogen functional groups attached to an aromatic ring is 1. The van der Waals surface area contributed by atoms with Crippen molar-refractivity contribution in [2.24, 2.45) is 10.7 Å². The molecule has 32 heavy (non-hydrogen) atoms. The van der Waals surface area contributed by atoms with Gasteiger partial charge in [-0.15, -0.1) is 0 Å². The monoisotopic (exact) mass is 429 g/mol. The molecule has 0 spiro atoms. The Morgan fingerprint density at radius 3 is 2.50 bits per heavy atom. The standard InChI is InChI=1S/C24H27N7O/c1-30(2)19-9-11-31(12-10-19)20-7-4-16(5-8-20)3-6-17-14-28-24(26)29-22(17)21-13-18(15-27-21)23(25)32/h4-5,7-8,13-14,19H,9-12,15H2,1-2H3,(H2,25,32)(H2,26,28,29). The van der Waals surface area contributed by atoms with E-state index in [0.717, 1.165) is 18.7 Å². The number of allylic oxidation sites excluding steroid dienone is 1. The first kappa shape index (κ1) is 21.5. The molecule has 8 heteroatoms. The first-order valence-electron chi connectivity index (χ1n) is 10.6. The van der Waals surface area contributed by atoms with Crippen LogP contribution in [0.25, 0.3) is 0 Å². The van der Waals surface area contributed by atoms with Gasteiger partial charge in [0.1, 0.15) is 5.69 Å². The topological polar surface area (TPSA) is 114 Å². The van der Waals surface area contributed by atoms with Crippen LogP contribution in [-0.2, 0) is 4.79 Å². The van der Waals surface area contributed by atoms with Crippen LogP contribution in [0.4, 0.5) is 11.6 Å². The van der Waals surface area contributed by atoms with Crippen LogP contribution < -0.4 is 16.4 Å². The highest BCUT2D eigenvalue weighted by Crippen LogP contribution is 2.22. The molecule has 2 aliphatic heterocycles. The van der Waals surface area contributed by atoms with E-state index in [1.54, 1.807) is 12.3 Å². The molecule has 0 radical (unpaired) electrons. The normalized spacial score (nSPS) is 16.4. The van der Waals surface area contributed by atoms with E-state index in [1.807, 2.05) is 12.1 Å². The minimum absolute atomic E-state index is 0.122. The highest BCUT2D eigenvalue weighted by molar-refractivity contribution is 6.15. The van der Waals surface area contributed by atoms with Crippen molar-refractivity contribution in [1.82, 2.24) is 14.9 Å². The molecule has 0 aliphatic carbocycles. The van der Waals surface area contributed by atoms with Crippen molar-refractivity contribution in [2.75, 3.05) is 44.4 Å². The van der Waals surface area contributed by atoms with Crippen molar-refractivity contribution >= 4 is 23.3 Å². The Morgan fingerprint density at radius 2 is 1.88 bits per heavy atom. The van der Waals surface area contributed by atoms with Gasteiger partial charge in [0.05, 0.1) is 17.8 Å². The number of hydrogen-bond donors (Lipinski definition) is 2. The van der Waals surface area contributed by atoms with E-state index in [4.69, 9.17) is 11.5 Å². The van der Waals surface area contributed by atoms with Crippen LogP contribution in [0, 0.1) is 11.8 Å². The maximum atomic E-state index is 11.4. The van der Waals surface area contributed by atoms with Gasteiger partial charge in [0.2, 0.25) is 11.9 Å². The summed E-state index contributed by atoms with van der Waals surface area (Å²) >= 11 is 0. The summed E-state index contributed by atoms with van der Waals surface area (Å²) in [6.45, 7) is 2.35. The predicted molar refractivity (Wildman–Crippen MR) is 126 cm³/mol. The number of piperidine rings is 1. The van der Waals surface area contributed by atoms with Crippen LogP contribution in [0.3, 0.4) is 0 Å². The molecule has 1 fully saturated rings. The minimum atomic E-state index is -0.496. The molecule has 0 atom stereocenters. The SMILES string of the molecule is CN(C)C1CCN(c2ccc(C#Cc3cnc(N)nc3C3=NCC(C(N)=O)=C3)cc2)CC1. The predicted octanol–water partition coefficient (Wildman–Crippen LogP) is 1.20. The Hall–Kier alpha value is -3.70. The zero-order valence-electron chi connectivity index (χ0n) is 18.4.